The minimum atomic E-state index is -0.277. The topological polar surface area (TPSA) is 32.3 Å². The fourth-order valence-corrected chi connectivity index (χ4v) is 1.99. The molecule has 94 valence electrons. The molecule has 0 unspecified atom stereocenters. The third-order valence-corrected chi connectivity index (χ3v) is 3.03. The van der Waals surface area contributed by atoms with Gasteiger partial charge in [-0.25, -0.2) is 4.39 Å². The summed E-state index contributed by atoms with van der Waals surface area (Å²) in [5.41, 5.74) is 1.16. The van der Waals surface area contributed by atoms with Gasteiger partial charge in [0.05, 0.1) is 10.0 Å². The third-order valence-electron chi connectivity index (χ3n) is 2.46. The average Bonchev–Trinajstić information content (AvgIpc) is 2.35. The van der Waals surface area contributed by atoms with Crippen LogP contribution in [0.2, 0.25) is 10.0 Å². The van der Waals surface area contributed by atoms with Crippen LogP contribution in [0.3, 0.4) is 0 Å². The van der Waals surface area contributed by atoms with Crippen molar-refractivity contribution in [2.75, 3.05) is 5.32 Å². The first kappa shape index (κ1) is 13.0. The molecule has 0 amide bonds. The molecule has 2 nitrogen and oxygen atoms in total. The van der Waals surface area contributed by atoms with Crippen molar-refractivity contribution in [1.82, 2.24) is 0 Å². The SMILES string of the molecule is Oc1c(Cl)cc(NCc2ccccc2F)cc1Cl. The number of hydrogen-bond donors (Lipinski definition) is 2. The van der Waals surface area contributed by atoms with Gasteiger partial charge in [0.25, 0.3) is 0 Å². The van der Waals surface area contributed by atoms with Crippen molar-refractivity contribution < 1.29 is 9.50 Å². The van der Waals surface area contributed by atoms with Crippen LogP contribution < -0.4 is 5.32 Å². The molecule has 2 aromatic rings. The van der Waals surface area contributed by atoms with Crippen molar-refractivity contribution in [2.24, 2.45) is 0 Å². The number of halogens is 3. The Morgan fingerprint density at radius 3 is 2.33 bits per heavy atom. The van der Waals surface area contributed by atoms with E-state index in [0.29, 0.717) is 17.8 Å². The van der Waals surface area contributed by atoms with Crippen molar-refractivity contribution in [3.8, 4) is 5.75 Å². The van der Waals surface area contributed by atoms with Crippen LogP contribution in [0.1, 0.15) is 5.56 Å². The molecule has 0 aliphatic carbocycles. The zero-order valence-corrected chi connectivity index (χ0v) is 10.8. The highest BCUT2D eigenvalue weighted by atomic mass is 35.5. The molecule has 2 N–H and O–H groups in total. The number of nitrogens with one attached hydrogen (secondary N) is 1. The summed E-state index contributed by atoms with van der Waals surface area (Å²) in [7, 11) is 0. The Morgan fingerprint density at radius 2 is 1.72 bits per heavy atom. The molecule has 0 spiro atoms. The van der Waals surface area contributed by atoms with Crippen LogP contribution in [-0.4, -0.2) is 5.11 Å². The van der Waals surface area contributed by atoms with Crippen LogP contribution in [0.5, 0.6) is 5.75 Å². The predicted octanol–water partition coefficient (Wildman–Crippen LogP) is 4.45. The molecule has 0 aliphatic heterocycles. The van der Waals surface area contributed by atoms with Crippen molar-refractivity contribution in [2.45, 2.75) is 6.54 Å². The smallest absolute Gasteiger partial charge is 0.152 e. The monoisotopic (exact) mass is 285 g/mol. The van der Waals surface area contributed by atoms with E-state index >= 15 is 0 Å². The third kappa shape index (κ3) is 2.86. The number of phenols is 1. The molecule has 2 rings (SSSR count). The summed E-state index contributed by atoms with van der Waals surface area (Å²) in [6.07, 6.45) is 0. The molecule has 2 aromatic carbocycles. The van der Waals surface area contributed by atoms with Crippen molar-refractivity contribution >= 4 is 28.9 Å². The Labute approximate surface area is 114 Å². The first-order valence-electron chi connectivity index (χ1n) is 5.23. The van der Waals surface area contributed by atoms with E-state index in [9.17, 15) is 9.50 Å². The molecule has 0 radical (unpaired) electrons. The normalized spacial score (nSPS) is 10.4. The molecular formula is C13H10Cl2FNO. The number of rotatable bonds is 3. The summed E-state index contributed by atoms with van der Waals surface area (Å²) in [5, 5.41) is 12.7. The Morgan fingerprint density at radius 1 is 1.11 bits per heavy atom. The van der Waals surface area contributed by atoms with E-state index in [0.717, 1.165) is 0 Å². The average molecular weight is 286 g/mol. The second-order valence-electron chi connectivity index (χ2n) is 3.73. The van der Waals surface area contributed by atoms with Gasteiger partial charge in [0, 0.05) is 17.8 Å². The molecule has 0 atom stereocenters. The summed E-state index contributed by atoms with van der Waals surface area (Å²) in [6, 6.07) is 9.54. The maximum atomic E-state index is 13.4. The maximum absolute atomic E-state index is 13.4. The second kappa shape index (κ2) is 5.46. The zero-order chi connectivity index (χ0) is 13.1. The number of anilines is 1. The van der Waals surface area contributed by atoms with E-state index in [-0.39, 0.29) is 21.6 Å². The molecular weight excluding hydrogens is 276 g/mol. The van der Waals surface area contributed by atoms with Gasteiger partial charge in [0.15, 0.2) is 5.75 Å². The summed E-state index contributed by atoms with van der Waals surface area (Å²) in [4.78, 5) is 0. The van der Waals surface area contributed by atoms with Crippen molar-refractivity contribution in [3.05, 3.63) is 57.8 Å². The number of benzene rings is 2. The lowest BCUT2D eigenvalue weighted by molar-refractivity contribution is 0.476. The minimum absolute atomic E-state index is 0.151. The Balaban J connectivity index is 2.14. The molecule has 18 heavy (non-hydrogen) atoms. The highest BCUT2D eigenvalue weighted by Gasteiger charge is 2.07. The second-order valence-corrected chi connectivity index (χ2v) is 4.55. The van der Waals surface area contributed by atoms with Gasteiger partial charge in [0.2, 0.25) is 0 Å². The van der Waals surface area contributed by atoms with Crippen LogP contribution >= 0.6 is 23.2 Å². The molecule has 0 bridgehead atoms. The predicted molar refractivity (Wildman–Crippen MR) is 71.9 cm³/mol. The molecule has 0 saturated heterocycles. The lowest BCUT2D eigenvalue weighted by Crippen LogP contribution is -2.01. The van der Waals surface area contributed by atoms with Crippen molar-refractivity contribution in [3.63, 3.8) is 0 Å². The van der Waals surface area contributed by atoms with E-state index in [1.165, 1.54) is 18.2 Å². The van der Waals surface area contributed by atoms with Crippen LogP contribution in [0.4, 0.5) is 10.1 Å². The Kier molecular flexibility index (Phi) is 3.94. The van der Waals surface area contributed by atoms with Gasteiger partial charge in [-0.15, -0.1) is 0 Å². The minimum Gasteiger partial charge on any atom is -0.505 e. The van der Waals surface area contributed by atoms with E-state index in [1.54, 1.807) is 18.2 Å². The summed E-state index contributed by atoms with van der Waals surface area (Å²) < 4.78 is 13.4. The summed E-state index contributed by atoms with van der Waals surface area (Å²) >= 11 is 11.6. The van der Waals surface area contributed by atoms with E-state index in [4.69, 9.17) is 23.2 Å². The first-order valence-corrected chi connectivity index (χ1v) is 5.99. The standard InChI is InChI=1S/C13H10Cl2FNO/c14-10-5-9(6-11(15)13(10)18)17-7-8-3-1-2-4-12(8)16/h1-6,17-18H,7H2. The number of aromatic hydroxyl groups is 1. The highest BCUT2D eigenvalue weighted by Crippen LogP contribution is 2.34. The fraction of sp³-hybridized carbons (Fsp3) is 0.0769. The quantitative estimate of drug-likeness (QED) is 0.817. The summed E-state index contributed by atoms with van der Waals surface area (Å²) in [5.74, 6) is -0.434. The maximum Gasteiger partial charge on any atom is 0.152 e. The van der Waals surface area contributed by atoms with Gasteiger partial charge in [0.1, 0.15) is 5.82 Å². The summed E-state index contributed by atoms with van der Waals surface area (Å²) in [6.45, 7) is 0.310. The van der Waals surface area contributed by atoms with E-state index in [2.05, 4.69) is 5.32 Å². The van der Waals surface area contributed by atoms with Gasteiger partial charge >= 0.3 is 0 Å². The van der Waals surface area contributed by atoms with Gasteiger partial charge in [-0.1, -0.05) is 41.4 Å². The molecule has 0 aromatic heterocycles. The zero-order valence-electron chi connectivity index (χ0n) is 9.25. The molecule has 0 aliphatic rings. The Hall–Kier alpha value is -1.45. The largest absolute Gasteiger partial charge is 0.505 e. The molecule has 5 heteroatoms. The van der Waals surface area contributed by atoms with Crippen molar-refractivity contribution in [1.29, 1.82) is 0 Å². The number of phenolic OH excluding ortho intramolecular Hbond substituents is 1. The van der Waals surface area contributed by atoms with Gasteiger partial charge in [-0.2, -0.15) is 0 Å². The van der Waals surface area contributed by atoms with Gasteiger partial charge < -0.3 is 10.4 Å². The van der Waals surface area contributed by atoms with Crippen LogP contribution in [0.15, 0.2) is 36.4 Å². The van der Waals surface area contributed by atoms with Gasteiger partial charge in [-0.3, -0.25) is 0 Å². The van der Waals surface area contributed by atoms with Crippen LogP contribution in [0.25, 0.3) is 0 Å². The number of hydrogen-bond acceptors (Lipinski definition) is 2. The van der Waals surface area contributed by atoms with Crippen LogP contribution in [-0.2, 0) is 6.54 Å². The van der Waals surface area contributed by atoms with E-state index in [1.807, 2.05) is 0 Å². The fourth-order valence-electron chi connectivity index (χ4n) is 1.51. The molecule has 0 saturated carbocycles. The lowest BCUT2D eigenvalue weighted by Gasteiger charge is -2.09. The molecule has 0 heterocycles. The Bertz CT molecular complexity index is 552. The van der Waals surface area contributed by atoms with E-state index < -0.39 is 0 Å². The molecule has 0 fully saturated rings. The van der Waals surface area contributed by atoms with Crippen LogP contribution in [0, 0.1) is 5.82 Å². The first-order chi connectivity index (χ1) is 8.58. The highest BCUT2D eigenvalue weighted by molar-refractivity contribution is 6.37. The lowest BCUT2D eigenvalue weighted by atomic mass is 10.2. The van der Waals surface area contributed by atoms with Gasteiger partial charge in [-0.05, 0) is 18.2 Å².